The highest BCUT2D eigenvalue weighted by atomic mass is 79.9. The average Bonchev–Trinajstić information content (AvgIpc) is 2.58. The monoisotopic (exact) mass is 376 g/mol. The summed E-state index contributed by atoms with van der Waals surface area (Å²) >= 11 is 3.36. The van der Waals surface area contributed by atoms with E-state index < -0.39 is 0 Å². The van der Waals surface area contributed by atoms with Crippen LogP contribution in [-0.4, -0.2) is 23.8 Å². The summed E-state index contributed by atoms with van der Waals surface area (Å²) in [5.41, 5.74) is 4.16. The van der Waals surface area contributed by atoms with Gasteiger partial charge in [-0.25, -0.2) is 5.43 Å². The Labute approximate surface area is 143 Å². The van der Waals surface area contributed by atoms with Gasteiger partial charge in [-0.3, -0.25) is 4.79 Å². The molecule has 0 radical (unpaired) electrons. The van der Waals surface area contributed by atoms with Crippen LogP contribution in [0, 0.1) is 0 Å². The van der Waals surface area contributed by atoms with Crippen LogP contribution in [0.5, 0.6) is 11.5 Å². The highest BCUT2D eigenvalue weighted by Crippen LogP contribution is 2.23. The third-order valence-electron chi connectivity index (χ3n) is 3.25. The van der Waals surface area contributed by atoms with Gasteiger partial charge in [-0.15, -0.1) is 0 Å². The zero-order chi connectivity index (χ0) is 16.8. The van der Waals surface area contributed by atoms with Crippen LogP contribution >= 0.6 is 15.9 Å². The maximum Gasteiger partial charge on any atom is 0.271 e. The standard InChI is InChI=1S/C17H17BrN2O3/c1-3-15(14-10-12(18)6-9-16(14)21)19-20-17(22)11-4-7-13(23-2)8-5-11/h4-10,21H,3H2,1-2H3,(H,20,22)/b19-15+. The van der Waals surface area contributed by atoms with Crippen LogP contribution in [0.15, 0.2) is 52.0 Å². The molecule has 0 aliphatic rings. The second-order valence-corrected chi connectivity index (χ2v) is 5.66. The van der Waals surface area contributed by atoms with E-state index >= 15 is 0 Å². The van der Waals surface area contributed by atoms with Crippen molar-refractivity contribution in [1.82, 2.24) is 5.43 Å². The lowest BCUT2D eigenvalue weighted by molar-refractivity contribution is 0.0954. The number of halogens is 1. The summed E-state index contributed by atoms with van der Waals surface area (Å²) < 4.78 is 5.88. The summed E-state index contributed by atoms with van der Waals surface area (Å²) in [6, 6.07) is 11.8. The number of carbonyl (C=O) groups excluding carboxylic acids is 1. The van der Waals surface area contributed by atoms with Gasteiger partial charge in [0, 0.05) is 15.6 Å². The molecule has 120 valence electrons. The molecule has 23 heavy (non-hydrogen) atoms. The number of phenolic OH excluding ortho intramolecular Hbond substituents is 1. The van der Waals surface area contributed by atoms with Crippen molar-refractivity contribution in [1.29, 1.82) is 0 Å². The van der Waals surface area contributed by atoms with Crippen molar-refractivity contribution in [3.05, 3.63) is 58.1 Å². The summed E-state index contributed by atoms with van der Waals surface area (Å²) in [6.45, 7) is 1.90. The van der Waals surface area contributed by atoms with Crippen LogP contribution in [0.4, 0.5) is 0 Å². The fourth-order valence-corrected chi connectivity index (χ4v) is 2.36. The fraction of sp³-hybridized carbons (Fsp3) is 0.176. The van der Waals surface area contributed by atoms with Crippen LogP contribution in [0.3, 0.4) is 0 Å². The summed E-state index contributed by atoms with van der Waals surface area (Å²) in [4.78, 5) is 12.1. The number of ether oxygens (including phenoxy) is 1. The van der Waals surface area contributed by atoms with Crippen molar-refractivity contribution in [3.8, 4) is 11.5 Å². The molecule has 0 aliphatic heterocycles. The highest BCUT2D eigenvalue weighted by molar-refractivity contribution is 9.10. The Balaban J connectivity index is 2.18. The Hall–Kier alpha value is -2.34. The molecule has 5 nitrogen and oxygen atoms in total. The lowest BCUT2D eigenvalue weighted by atomic mass is 10.1. The number of phenols is 1. The Bertz CT molecular complexity index is 727. The van der Waals surface area contributed by atoms with Gasteiger partial charge < -0.3 is 9.84 Å². The average molecular weight is 377 g/mol. The Morgan fingerprint density at radius 3 is 2.57 bits per heavy atom. The molecule has 0 heterocycles. The molecule has 0 aliphatic carbocycles. The van der Waals surface area contributed by atoms with Gasteiger partial charge in [-0.05, 0) is 48.9 Å². The minimum absolute atomic E-state index is 0.118. The van der Waals surface area contributed by atoms with E-state index in [2.05, 4.69) is 26.5 Å². The third-order valence-corrected chi connectivity index (χ3v) is 3.74. The lowest BCUT2D eigenvalue weighted by Gasteiger charge is -2.08. The maximum atomic E-state index is 12.1. The van der Waals surface area contributed by atoms with Gasteiger partial charge in [0.1, 0.15) is 11.5 Å². The molecule has 1 amide bonds. The molecular weight excluding hydrogens is 360 g/mol. The van der Waals surface area contributed by atoms with E-state index in [-0.39, 0.29) is 11.7 Å². The van der Waals surface area contributed by atoms with E-state index in [0.29, 0.717) is 29.0 Å². The van der Waals surface area contributed by atoms with Crippen molar-refractivity contribution in [2.24, 2.45) is 5.10 Å². The molecule has 0 saturated carbocycles. The molecule has 0 fully saturated rings. The summed E-state index contributed by atoms with van der Waals surface area (Å²) in [6.07, 6.45) is 0.562. The number of benzene rings is 2. The van der Waals surface area contributed by atoms with Gasteiger partial charge in [0.15, 0.2) is 0 Å². The van der Waals surface area contributed by atoms with Crippen molar-refractivity contribution in [3.63, 3.8) is 0 Å². The predicted molar refractivity (Wildman–Crippen MR) is 93.1 cm³/mol. The maximum absolute atomic E-state index is 12.1. The fourth-order valence-electron chi connectivity index (χ4n) is 1.99. The molecule has 0 unspecified atom stereocenters. The zero-order valence-electron chi connectivity index (χ0n) is 12.8. The highest BCUT2D eigenvalue weighted by Gasteiger charge is 2.10. The molecule has 0 atom stereocenters. The molecule has 0 aromatic heterocycles. The van der Waals surface area contributed by atoms with E-state index in [1.165, 1.54) is 0 Å². The van der Waals surface area contributed by atoms with Crippen molar-refractivity contribution in [2.75, 3.05) is 7.11 Å². The van der Waals surface area contributed by atoms with Crippen molar-refractivity contribution < 1.29 is 14.6 Å². The van der Waals surface area contributed by atoms with Crippen molar-refractivity contribution >= 4 is 27.5 Å². The first-order valence-corrected chi connectivity index (χ1v) is 7.84. The summed E-state index contributed by atoms with van der Waals surface area (Å²) in [5.74, 6) is 0.471. The Kier molecular flexibility index (Phi) is 5.76. The smallest absolute Gasteiger partial charge is 0.271 e. The van der Waals surface area contributed by atoms with E-state index in [1.807, 2.05) is 6.92 Å². The molecule has 0 bridgehead atoms. The number of carbonyl (C=O) groups is 1. The van der Waals surface area contributed by atoms with Gasteiger partial charge in [0.05, 0.1) is 12.8 Å². The first-order valence-electron chi connectivity index (χ1n) is 7.05. The van der Waals surface area contributed by atoms with Gasteiger partial charge in [0.2, 0.25) is 0 Å². The van der Waals surface area contributed by atoms with E-state index in [4.69, 9.17) is 4.74 Å². The molecular formula is C17H17BrN2O3. The quantitative estimate of drug-likeness (QED) is 0.617. The number of methoxy groups -OCH3 is 1. The minimum Gasteiger partial charge on any atom is -0.507 e. The predicted octanol–water partition coefficient (Wildman–Crippen LogP) is 3.71. The lowest BCUT2D eigenvalue weighted by Crippen LogP contribution is -2.20. The molecule has 2 rings (SSSR count). The van der Waals surface area contributed by atoms with Crippen LogP contribution in [0.25, 0.3) is 0 Å². The van der Waals surface area contributed by atoms with E-state index in [0.717, 1.165) is 4.47 Å². The number of hydrazone groups is 1. The number of aromatic hydroxyl groups is 1. The largest absolute Gasteiger partial charge is 0.507 e. The van der Waals surface area contributed by atoms with Crippen LogP contribution in [-0.2, 0) is 0 Å². The van der Waals surface area contributed by atoms with Crippen molar-refractivity contribution in [2.45, 2.75) is 13.3 Å². The number of rotatable bonds is 5. The topological polar surface area (TPSA) is 70.9 Å². The number of nitrogens with zero attached hydrogens (tertiary/aromatic N) is 1. The molecule has 0 spiro atoms. The van der Waals surface area contributed by atoms with Crippen LogP contribution in [0.1, 0.15) is 29.3 Å². The molecule has 6 heteroatoms. The minimum atomic E-state index is -0.326. The first-order chi connectivity index (χ1) is 11.0. The van der Waals surface area contributed by atoms with Crippen LogP contribution in [0.2, 0.25) is 0 Å². The first kappa shape index (κ1) is 17.0. The number of amides is 1. The van der Waals surface area contributed by atoms with Gasteiger partial charge in [0.25, 0.3) is 5.91 Å². The second kappa shape index (κ2) is 7.78. The Morgan fingerprint density at radius 1 is 1.26 bits per heavy atom. The van der Waals surface area contributed by atoms with Gasteiger partial charge in [-0.1, -0.05) is 22.9 Å². The van der Waals surface area contributed by atoms with E-state index in [9.17, 15) is 9.90 Å². The molecule has 2 aromatic carbocycles. The SMILES string of the molecule is CC/C(=N\NC(=O)c1ccc(OC)cc1)c1cc(Br)ccc1O. The Morgan fingerprint density at radius 2 is 1.96 bits per heavy atom. The molecule has 2 aromatic rings. The summed E-state index contributed by atoms with van der Waals surface area (Å²) in [5, 5.41) is 14.1. The molecule has 2 N–H and O–H groups in total. The van der Waals surface area contributed by atoms with Gasteiger partial charge >= 0.3 is 0 Å². The van der Waals surface area contributed by atoms with E-state index in [1.54, 1.807) is 49.6 Å². The normalized spacial score (nSPS) is 11.2. The number of hydrogen-bond acceptors (Lipinski definition) is 4. The van der Waals surface area contributed by atoms with Gasteiger partial charge in [-0.2, -0.15) is 5.10 Å². The number of nitrogens with one attached hydrogen (secondary N) is 1. The second-order valence-electron chi connectivity index (χ2n) is 4.74. The van der Waals surface area contributed by atoms with Crippen LogP contribution < -0.4 is 10.2 Å². The number of hydrogen-bond donors (Lipinski definition) is 2. The molecule has 0 saturated heterocycles. The third kappa shape index (κ3) is 4.32. The zero-order valence-corrected chi connectivity index (χ0v) is 14.4. The summed E-state index contributed by atoms with van der Waals surface area (Å²) in [7, 11) is 1.57.